The number of nitrogens with one attached hydrogen (secondary N) is 2. The Balaban J connectivity index is 1.69. The average molecular weight is 375 g/mol. The topological polar surface area (TPSA) is 90.4 Å². The number of hydrogen-bond donors (Lipinski definition) is 3. The monoisotopic (exact) mass is 374 g/mol. The summed E-state index contributed by atoms with van der Waals surface area (Å²) in [5, 5.41) is 20.8. The molecule has 6 nitrogen and oxygen atoms in total. The summed E-state index contributed by atoms with van der Waals surface area (Å²) in [5.74, 6) is -0.328. The molecule has 3 N–H and O–H groups in total. The van der Waals surface area contributed by atoms with Gasteiger partial charge in [0, 0.05) is 5.56 Å². The molecule has 1 aromatic heterocycles. The van der Waals surface area contributed by atoms with Crippen molar-refractivity contribution in [3.63, 3.8) is 0 Å². The van der Waals surface area contributed by atoms with Crippen molar-refractivity contribution in [2.45, 2.75) is 0 Å². The van der Waals surface area contributed by atoms with Gasteiger partial charge in [-0.1, -0.05) is 41.4 Å². The molecule has 0 atom stereocenters. The number of carbonyl (C=O) groups is 1. The summed E-state index contributed by atoms with van der Waals surface area (Å²) < 4.78 is 0. The quantitative estimate of drug-likeness (QED) is 0.478. The SMILES string of the molecule is O=C(N/N=C\c1cccc(O)c1)c1cc(-c2ccc(Cl)c(Cl)c2)n[nH]1. The lowest BCUT2D eigenvalue weighted by Gasteiger charge is -1.99. The molecule has 0 bridgehead atoms. The molecule has 3 aromatic rings. The first-order chi connectivity index (χ1) is 12.0. The van der Waals surface area contributed by atoms with E-state index >= 15 is 0 Å². The summed E-state index contributed by atoms with van der Waals surface area (Å²) in [6.45, 7) is 0. The lowest BCUT2D eigenvalue weighted by Crippen LogP contribution is -2.17. The number of H-pyrrole nitrogens is 1. The van der Waals surface area contributed by atoms with Crippen LogP contribution < -0.4 is 5.43 Å². The highest BCUT2D eigenvalue weighted by Gasteiger charge is 2.11. The molecule has 0 unspecified atom stereocenters. The predicted molar refractivity (Wildman–Crippen MR) is 97.2 cm³/mol. The molecule has 8 heteroatoms. The van der Waals surface area contributed by atoms with Crippen molar-refractivity contribution in [1.82, 2.24) is 15.6 Å². The fourth-order valence-corrected chi connectivity index (χ4v) is 2.37. The van der Waals surface area contributed by atoms with E-state index in [0.29, 0.717) is 21.3 Å². The van der Waals surface area contributed by atoms with Crippen LogP contribution in [0.25, 0.3) is 11.3 Å². The minimum Gasteiger partial charge on any atom is -0.508 e. The third kappa shape index (κ3) is 4.17. The van der Waals surface area contributed by atoms with Gasteiger partial charge in [-0.3, -0.25) is 9.89 Å². The molecule has 0 spiro atoms. The first-order valence-electron chi connectivity index (χ1n) is 7.16. The maximum Gasteiger partial charge on any atom is 0.289 e. The first-order valence-corrected chi connectivity index (χ1v) is 7.92. The third-order valence-electron chi connectivity index (χ3n) is 3.29. The number of hydrogen-bond acceptors (Lipinski definition) is 4. The summed E-state index contributed by atoms with van der Waals surface area (Å²) in [5.41, 5.74) is 4.57. The number of aromatic nitrogens is 2. The standard InChI is InChI=1S/C17H12Cl2N4O2/c18-13-5-4-11(7-14(13)19)15-8-16(22-21-15)17(25)23-20-9-10-2-1-3-12(24)6-10/h1-9,24H,(H,21,22)(H,23,25)/b20-9-. The van der Waals surface area contributed by atoms with E-state index in [2.05, 4.69) is 20.7 Å². The molecule has 0 aliphatic carbocycles. The number of hydrazone groups is 1. The minimum atomic E-state index is -0.449. The number of amides is 1. The van der Waals surface area contributed by atoms with E-state index in [-0.39, 0.29) is 11.4 Å². The maximum absolute atomic E-state index is 12.1. The zero-order valence-corrected chi connectivity index (χ0v) is 14.2. The molecule has 3 rings (SSSR count). The van der Waals surface area contributed by atoms with Crippen LogP contribution in [0.3, 0.4) is 0 Å². The third-order valence-corrected chi connectivity index (χ3v) is 4.03. The van der Waals surface area contributed by atoms with Crippen molar-refractivity contribution < 1.29 is 9.90 Å². The van der Waals surface area contributed by atoms with Crippen LogP contribution in [0.1, 0.15) is 16.1 Å². The highest BCUT2D eigenvalue weighted by atomic mass is 35.5. The summed E-state index contributed by atoms with van der Waals surface area (Å²) >= 11 is 11.9. The molecule has 126 valence electrons. The number of benzene rings is 2. The second kappa shape index (κ2) is 7.38. The molecule has 25 heavy (non-hydrogen) atoms. The second-order valence-corrected chi connectivity index (χ2v) is 5.90. The zero-order chi connectivity index (χ0) is 17.8. The van der Waals surface area contributed by atoms with Gasteiger partial charge in [0.05, 0.1) is 22.0 Å². The number of carbonyl (C=O) groups excluding carboxylic acids is 1. The van der Waals surface area contributed by atoms with E-state index in [1.807, 2.05) is 0 Å². The molecule has 0 aliphatic rings. The molecular weight excluding hydrogens is 363 g/mol. The van der Waals surface area contributed by atoms with Crippen LogP contribution in [0.5, 0.6) is 5.75 Å². The van der Waals surface area contributed by atoms with Crippen molar-refractivity contribution in [3.05, 3.63) is 69.8 Å². The van der Waals surface area contributed by atoms with Crippen molar-refractivity contribution in [1.29, 1.82) is 0 Å². The Labute approximate surface area is 153 Å². The van der Waals surface area contributed by atoms with Gasteiger partial charge in [0.25, 0.3) is 5.91 Å². The fraction of sp³-hybridized carbons (Fsp3) is 0. The average Bonchev–Trinajstić information content (AvgIpc) is 3.07. The highest BCUT2D eigenvalue weighted by Crippen LogP contribution is 2.27. The molecule has 2 aromatic carbocycles. The summed E-state index contributed by atoms with van der Waals surface area (Å²) in [4.78, 5) is 12.1. The van der Waals surface area contributed by atoms with Crippen LogP contribution >= 0.6 is 23.2 Å². The summed E-state index contributed by atoms with van der Waals surface area (Å²) in [7, 11) is 0. The number of aromatic amines is 1. The van der Waals surface area contributed by atoms with Crippen LogP contribution in [0.4, 0.5) is 0 Å². The fourth-order valence-electron chi connectivity index (χ4n) is 2.07. The van der Waals surface area contributed by atoms with Gasteiger partial charge in [-0.15, -0.1) is 0 Å². The Morgan fingerprint density at radius 2 is 2.00 bits per heavy atom. The normalized spacial score (nSPS) is 11.0. The summed E-state index contributed by atoms with van der Waals surface area (Å²) in [6, 6.07) is 13.2. The largest absolute Gasteiger partial charge is 0.508 e. The minimum absolute atomic E-state index is 0.120. The Hall–Kier alpha value is -2.83. The van der Waals surface area contributed by atoms with Crippen molar-refractivity contribution >= 4 is 35.3 Å². The number of rotatable bonds is 4. The van der Waals surface area contributed by atoms with Gasteiger partial charge in [0.1, 0.15) is 11.4 Å². The van der Waals surface area contributed by atoms with Crippen LogP contribution in [-0.2, 0) is 0 Å². The van der Waals surface area contributed by atoms with Crippen LogP contribution in [-0.4, -0.2) is 27.4 Å². The number of phenols is 1. The van der Waals surface area contributed by atoms with E-state index in [0.717, 1.165) is 5.56 Å². The first kappa shape index (κ1) is 17.0. The molecule has 0 aliphatic heterocycles. The molecule has 1 heterocycles. The molecular formula is C17H12Cl2N4O2. The van der Waals surface area contributed by atoms with Gasteiger partial charge in [-0.2, -0.15) is 10.2 Å². The lowest BCUT2D eigenvalue weighted by atomic mass is 10.1. The summed E-state index contributed by atoms with van der Waals surface area (Å²) in [6.07, 6.45) is 1.42. The van der Waals surface area contributed by atoms with Gasteiger partial charge in [-0.05, 0) is 35.9 Å². The van der Waals surface area contributed by atoms with E-state index in [1.54, 1.807) is 42.5 Å². The van der Waals surface area contributed by atoms with Crippen molar-refractivity contribution in [3.8, 4) is 17.0 Å². The number of aromatic hydroxyl groups is 1. The Morgan fingerprint density at radius 3 is 2.76 bits per heavy atom. The van der Waals surface area contributed by atoms with Gasteiger partial charge in [0.15, 0.2) is 0 Å². The Morgan fingerprint density at radius 1 is 1.16 bits per heavy atom. The van der Waals surface area contributed by atoms with Crippen molar-refractivity contribution in [2.75, 3.05) is 0 Å². The highest BCUT2D eigenvalue weighted by molar-refractivity contribution is 6.42. The number of halogens is 2. The van der Waals surface area contributed by atoms with Crippen LogP contribution in [0.15, 0.2) is 53.6 Å². The number of phenolic OH excluding ortho intramolecular Hbond substituents is 1. The van der Waals surface area contributed by atoms with Gasteiger partial charge in [0.2, 0.25) is 0 Å². The smallest absolute Gasteiger partial charge is 0.289 e. The predicted octanol–water partition coefficient (Wildman–Crippen LogP) is 3.85. The van der Waals surface area contributed by atoms with Gasteiger partial charge >= 0.3 is 0 Å². The molecule has 1 amide bonds. The van der Waals surface area contributed by atoms with Gasteiger partial charge in [-0.25, -0.2) is 5.43 Å². The molecule has 0 radical (unpaired) electrons. The maximum atomic E-state index is 12.1. The van der Waals surface area contributed by atoms with E-state index < -0.39 is 5.91 Å². The second-order valence-electron chi connectivity index (χ2n) is 5.09. The van der Waals surface area contributed by atoms with Crippen LogP contribution in [0, 0.1) is 0 Å². The van der Waals surface area contributed by atoms with E-state index in [9.17, 15) is 9.90 Å². The molecule has 0 saturated heterocycles. The van der Waals surface area contributed by atoms with E-state index in [4.69, 9.17) is 23.2 Å². The van der Waals surface area contributed by atoms with Crippen molar-refractivity contribution in [2.24, 2.45) is 5.10 Å². The molecule has 0 saturated carbocycles. The van der Waals surface area contributed by atoms with E-state index in [1.165, 1.54) is 12.3 Å². The zero-order valence-electron chi connectivity index (χ0n) is 12.7. The lowest BCUT2D eigenvalue weighted by molar-refractivity contribution is 0.0950. The number of nitrogens with zero attached hydrogens (tertiary/aromatic N) is 2. The Kier molecular flexibility index (Phi) is 5.02. The van der Waals surface area contributed by atoms with Gasteiger partial charge < -0.3 is 5.11 Å². The van der Waals surface area contributed by atoms with Crippen LogP contribution in [0.2, 0.25) is 10.0 Å². The molecule has 0 fully saturated rings. The Bertz CT molecular complexity index is 953.